The molecule has 5 rings (SSSR count). The van der Waals surface area contributed by atoms with Gasteiger partial charge in [-0.3, -0.25) is 9.59 Å². The lowest BCUT2D eigenvalue weighted by atomic mass is 9.84. The van der Waals surface area contributed by atoms with Gasteiger partial charge >= 0.3 is 12.1 Å². The molecule has 2 heterocycles. The maximum atomic E-state index is 14.0. The second-order valence-electron chi connectivity index (χ2n) is 9.84. The average molecular weight is 534 g/mol. The molecule has 3 aliphatic rings. The second kappa shape index (κ2) is 10.2. The molecule has 1 aliphatic carbocycles. The largest absolute Gasteiger partial charge is 0.463 e. The van der Waals surface area contributed by atoms with E-state index in [0.29, 0.717) is 67.0 Å². The van der Waals surface area contributed by atoms with Crippen LogP contribution in [0.4, 0.5) is 17.6 Å². The molecular weight excluding hydrogens is 506 g/mol. The van der Waals surface area contributed by atoms with Crippen molar-refractivity contribution < 1.29 is 31.9 Å². The first-order chi connectivity index (χ1) is 17.6. The van der Waals surface area contributed by atoms with Gasteiger partial charge in [0.15, 0.2) is 0 Å². The van der Waals surface area contributed by atoms with Gasteiger partial charge in [-0.05, 0) is 85.6 Å². The lowest BCUT2D eigenvalue weighted by molar-refractivity contribution is -0.149. The van der Waals surface area contributed by atoms with E-state index in [0.717, 1.165) is 22.8 Å². The molecule has 0 N–H and O–H groups in total. The summed E-state index contributed by atoms with van der Waals surface area (Å²) in [6.45, 7) is 2.36. The number of carbonyl (C=O) groups is 2. The summed E-state index contributed by atoms with van der Waals surface area (Å²) in [6, 6.07) is 8.12. The van der Waals surface area contributed by atoms with Gasteiger partial charge in [-0.25, -0.2) is 4.39 Å². The number of ether oxygens (including phenoxy) is 1. The molecule has 37 heavy (non-hydrogen) atoms. The predicted octanol–water partition coefficient (Wildman–Crippen LogP) is 6.86. The van der Waals surface area contributed by atoms with Crippen LogP contribution in [0.15, 0.2) is 51.8 Å². The molecular formula is C28H27F4NO3S. The fourth-order valence-corrected chi connectivity index (χ4v) is 6.69. The number of hydrogen-bond acceptors (Lipinski definition) is 4. The molecule has 2 aromatic rings. The number of amides is 1. The molecule has 0 radical (unpaired) electrons. The Balaban J connectivity index is 1.38. The summed E-state index contributed by atoms with van der Waals surface area (Å²) in [6.07, 6.45) is -0.832. The number of halogens is 4. The van der Waals surface area contributed by atoms with Crippen LogP contribution < -0.4 is 0 Å². The van der Waals surface area contributed by atoms with Crippen molar-refractivity contribution >= 4 is 29.2 Å². The molecule has 1 saturated carbocycles. The van der Waals surface area contributed by atoms with Gasteiger partial charge in [0.2, 0.25) is 5.91 Å². The summed E-state index contributed by atoms with van der Waals surface area (Å²) in [4.78, 5) is 27.6. The quantitative estimate of drug-likeness (QED) is 0.267. The number of hydrogen-bond donors (Lipinski definition) is 0. The van der Waals surface area contributed by atoms with Crippen molar-refractivity contribution in [2.75, 3.05) is 13.1 Å². The van der Waals surface area contributed by atoms with Gasteiger partial charge in [0.05, 0.1) is 5.56 Å². The molecule has 0 atom stereocenters. The van der Waals surface area contributed by atoms with Crippen LogP contribution in [-0.2, 0) is 20.5 Å². The summed E-state index contributed by atoms with van der Waals surface area (Å²) >= 11 is 1.27. The van der Waals surface area contributed by atoms with E-state index < -0.39 is 17.6 Å². The van der Waals surface area contributed by atoms with Gasteiger partial charge < -0.3 is 9.64 Å². The Morgan fingerprint density at radius 2 is 1.65 bits per heavy atom. The number of likely N-dealkylation sites (tertiary alicyclic amines) is 1. The number of rotatable bonds is 2. The number of esters is 1. The van der Waals surface area contributed by atoms with Crippen LogP contribution in [0.5, 0.6) is 0 Å². The molecule has 2 aromatic carbocycles. The molecule has 1 amide bonds. The first kappa shape index (κ1) is 25.8. The molecule has 0 aromatic heterocycles. The van der Waals surface area contributed by atoms with Crippen LogP contribution >= 0.6 is 11.8 Å². The van der Waals surface area contributed by atoms with E-state index >= 15 is 0 Å². The average Bonchev–Trinajstić information content (AvgIpc) is 2.86. The third kappa shape index (κ3) is 5.42. The van der Waals surface area contributed by atoms with Crippen LogP contribution in [0.3, 0.4) is 0 Å². The molecule has 1 saturated heterocycles. The van der Waals surface area contributed by atoms with Crippen LogP contribution in [0.25, 0.3) is 5.57 Å². The molecule has 2 aliphatic heterocycles. The van der Waals surface area contributed by atoms with Gasteiger partial charge in [0, 0.05) is 35.7 Å². The zero-order valence-corrected chi connectivity index (χ0v) is 21.2. The Kier molecular flexibility index (Phi) is 7.09. The standard InChI is InChI=1S/C28H27F4NO3S/c1-16(34)36-21-6-2-18(3-7-21)27(35)33-12-10-17(11-13-33)26-22-8-5-20(29)15-25(22)37-24-9-4-19(14-23(24)26)28(30,31)32/h4-5,8-9,14-15,18,21H,2-3,6-7,10-13H2,1H3. The van der Waals surface area contributed by atoms with E-state index in [1.54, 1.807) is 6.07 Å². The number of piperidine rings is 1. The van der Waals surface area contributed by atoms with Crippen molar-refractivity contribution in [2.24, 2.45) is 5.92 Å². The van der Waals surface area contributed by atoms with Crippen molar-refractivity contribution in [3.8, 4) is 0 Å². The van der Waals surface area contributed by atoms with Crippen molar-refractivity contribution in [1.29, 1.82) is 0 Å². The highest BCUT2D eigenvalue weighted by atomic mass is 32.2. The third-order valence-corrected chi connectivity index (χ3v) is 8.53. The second-order valence-corrected chi connectivity index (χ2v) is 10.9. The predicted molar refractivity (Wildman–Crippen MR) is 131 cm³/mol. The number of carbonyl (C=O) groups excluding carboxylic acids is 2. The lowest BCUT2D eigenvalue weighted by Gasteiger charge is -2.36. The normalized spacial score (nSPS) is 21.8. The van der Waals surface area contributed by atoms with Crippen molar-refractivity contribution in [1.82, 2.24) is 4.90 Å². The Labute approximate surface area is 217 Å². The van der Waals surface area contributed by atoms with E-state index in [2.05, 4.69) is 0 Å². The molecule has 4 nitrogen and oxygen atoms in total. The fraction of sp³-hybridized carbons (Fsp3) is 0.429. The van der Waals surface area contributed by atoms with Gasteiger partial charge in [0.25, 0.3) is 0 Å². The highest BCUT2D eigenvalue weighted by molar-refractivity contribution is 7.99. The van der Waals surface area contributed by atoms with E-state index in [9.17, 15) is 27.2 Å². The number of benzene rings is 2. The van der Waals surface area contributed by atoms with Crippen LogP contribution in [-0.4, -0.2) is 36.0 Å². The van der Waals surface area contributed by atoms with Gasteiger partial charge in [-0.15, -0.1) is 0 Å². The molecule has 196 valence electrons. The van der Waals surface area contributed by atoms with Gasteiger partial charge in [0.1, 0.15) is 11.9 Å². The number of nitrogens with zero attached hydrogens (tertiary/aromatic N) is 1. The minimum Gasteiger partial charge on any atom is -0.463 e. The summed E-state index contributed by atoms with van der Waals surface area (Å²) in [5.74, 6) is -0.715. The summed E-state index contributed by atoms with van der Waals surface area (Å²) in [7, 11) is 0. The van der Waals surface area contributed by atoms with Gasteiger partial charge in [-0.2, -0.15) is 13.2 Å². The third-order valence-electron chi connectivity index (χ3n) is 7.40. The highest BCUT2D eigenvalue weighted by Crippen LogP contribution is 2.49. The SMILES string of the molecule is CC(=O)OC1CCC(C(=O)N2CCC(=C3c4ccc(F)cc4Sc4ccc(C(F)(F)F)cc43)CC2)CC1. The van der Waals surface area contributed by atoms with E-state index in [1.165, 1.54) is 43.0 Å². The van der Waals surface area contributed by atoms with Crippen LogP contribution in [0.1, 0.15) is 62.1 Å². The fourth-order valence-electron chi connectivity index (χ4n) is 5.59. The maximum Gasteiger partial charge on any atom is 0.416 e. The molecule has 9 heteroatoms. The van der Waals surface area contributed by atoms with Crippen molar-refractivity contribution in [3.05, 3.63) is 64.5 Å². The highest BCUT2D eigenvalue weighted by Gasteiger charge is 2.35. The first-order valence-corrected chi connectivity index (χ1v) is 13.3. The molecule has 2 fully saturated rings. The number of fused-ring (bicyclic) bond motifs is 2. The Hall–Kier alpha value is -2.81. The summed E-state index contributed by atoms with van der Waals surface area (Å²) in [5, 5.41) is 0. The summed E-state index contributed by atoms with van der Waals surface area (Å²) in [5.41, 5.74) is 2.24. The minimum atomic E-state index is -4.47. The molecule has 0 bridgehead atoms. The minimum absolute atomic E-state index is 0.0896. The van der Waals surface area contributed by atoms with Crippen molar-refractivity contribution in [2.45, 2.75) is 67.5 Å². The monoisotopic (exact) mass is 533 g/mol. The smallest absolute Gasteiger partial charge is 0.416 e. The Bertz CT molecular complexity index is 1250. The topological polar surface area (TPSA) is 46.6 Å². The van der Waals surface area contributed by atoms with Crippen LogP contribution in [0, 0.1) is 11.7 Å². The van der Waals surface area contributed by atoms with E-state index in [1.807, 2.05) is 4.90 Å². The summed E-state index contributed by atoms with van der Waals surface area (Å²) < 4.78 is 59.9. The van der Waals surface area contributed by atoms with Crippen LogP contribution in [0.2, 0.25) is 0 Å². The zero-order chi connectivity index (χ0) is 26.3. The lowest BCUT2D eigenvalue weighted by Crippen LogP contribution is -2.42. The Morgan fingerprint density at radius 3 is 2.30 bits per heavy atom. The van der Waals surface area contributed by atoms with Gasteiger partial charge in [-0.1, -0.05) is 23.4 Å². The number of alkyl halides is 3. The van der Waals surface area contributed by atoms with E-state index in [-0.39, 0.29) is 23.9 Å². The molecule has 0 unspecified atom stereocenters. The van der Waals surface area contributed by atoms with Crippen molar-refractivity contribution in [3.63, 3.8) is 0 Å². The maximum absolute atomic E-state index is 14.0. The first-order valence-electron chi connectivity index (χ1n) is 12.5. The zero-order valence-electron chi connectivity index (χ0n) is 20.4. The van der Waals surface area contributed by atoms with E-state index in [4.69, 9.17) is 4.74 Å². The molecule has 0 spiro atoms. The Morgan fingerprint density at radius 1 is 0.946 bits per heavy atom.